The summed E-state index contributed by atoms with van der Waals surface area (Å²) in [5.74, 6) is -0.900. The van der Waals surface area contributed by atoms with Gasteiger partial charge in [0.15, 0.2) is 0 Å². The largest absolute Gasteiger partial charge is 0.384 e. The van der Waals surface area contributed by atoms with Crippen molar-refractivity contribution in [2.24, 2.45) is 0 Å². The number of carbonyl (C=O) groups excluding carboxylic acids is 2. The van der Waals surface area contributed by atoms with Gasteiger partial charge in [0.1, 0.15) is 12.1 Å². The molecular weight excluding hydrogens is 352 g/mol. The third-order valence-corrected chi connectivity index (χ3v) is 4.51. The minimum absolute atomic E-state index is 0.360. The van der Waals surface area contributed by atoms with Gasteiger partial charge >= 0.3 is 0 Å². The van der Waals surface area contributed by atoms with Gasteiger partial charge in [0.05, 0.1) is 0 Å². The zero-order valence-corrected chi connectivity index (χ0v) is 16.0. The van der Waals surface area contributed by atoms with Gasteiger partial charge in [-0.2, -0.15) is 0 Å². The second kappa shape index (κ2) is 8.34. The highest BCUT2D eigenvalue weighted by Crippen LogP contribution is 2.26. The molecule has 0 saturated heterocycles. The zero-order valence-electron chi connectivity index (χ0n) is 15.3. The van der Waals surface area contributed by atoms with Crippen LogP contribution in [0.15, 0.2) is 42.5 Å². The quantitative estimate of drug-likeness (QED) is 0.841. The molecule has 0 heterocycles. The standard InChI is InChI=1S/C20H23ClN2O3/c1-12-6-5-7-13(2)17(12)22-19(25)18(23(4)20(26)14(3)24)15-8-10-16(21)11-9-15/h5-11,14,18,24H,1-4H3,(H,22,25)/t14-,18-/m0/s1. The molecule has 0 fully saturated rings. The van der Waals surface area contributed by atoms with Crippen LogP contribution in [0.2, 0.25) is 5.02 Å². The minimum atomic E-state index is -1.21. The van der Waals surface area contributed by atoms with Gasteiger partial charge in [-0.1, -0.05) is 41.9 Å². The van der Waals surface area contributed by atoms with E-state index in [-0.39, 0.29) is 5.91 Å². The molecule has 2 aromatic rings. The number of carbonyl (C=O) groups is 2. The molecule has 138 valence electrons. The number of aliphatic hydroxyl groups is 1. The van der Waals surface area contributed by atoms with E-state index in [2.05, 4.69) is 5.32 Å². The van der Waals surface area contributed by atoms with Crippen molar-refractivity contribution in [2.75, 3.05) is 12.4 Å². The number of halogens is 1. The lowest BCUT2D eigenvalue weighted by Gasteiger charge is -2.29. The van der Waals surface area contributed by atoms with E-state index in [0.29, 0.717) is 16.3 Å². The van der Waals surface area contributed by atoms with Crippen LogP contribution in [0.3, 0.4) is 0 Å². The monoisotopic (exact) mass is 374 g/mol. The smallest absolute Gasteiger partial charge is 0.251 e. The Kier molecular flexibility index (Phi) is 6.40. The number of hydrogen-bond donors (Lipinski definition) is 2. The Labute approximate surface area is 158 Å². The maximum Gasteiger partial charge on any atom is 0.251 e. The van der Waals surface area contributed by atoms with E-state index >= 15 is 0 Å². The lowest BCUT2D eigenvalue weighted by molar-refractivity contribution is -0.143. The molecule has 6 heteroatoms. The number of para-hydroxylation sites is 1. The molecule has 0 saturated carbocycles. The summed E-state index contributed by atoms with van der Waals surface area (Å²) in [6, 6.07) is 11.6. The van der Waals surface area contributed by atoms with Gasteiger partial charge in [0.25, 0.3) is 11.8 Å². The van der Waals surface area contributed by atoms with Gasteiger partial charge in [0.2, 0.25) is 0 Å². The van der Waals surface area contributed by atoms with E-state index in [1.54, 1.807) is 24.3 Å². The summed E-state index contributed by atoms with van der Waals surface area (Å²) >= 11 is 5.94. The van der Waals surface area contributed by atoms with Crippen LogP contribution in [0.25, 0.3) is 0 Å². The average molecular weight is 375 g/mol. The summed E-state index contributed by atoms with van der Waals surface area (Å²) in [4.78, 5) is 26.6. The van der Waals surface area contributed by atoms with E-state index in [0.717, 1.165) is 11.1 Å². The predicted octanol–water partition coefficient (Wildman–Crippen LogP) is 3.48. The van der Waals surface area contributed by atoms with Crippen molar-refractivity contribution in [2.45, 2.75) is 32.9 Å². The van der Waals surface area contributed by atoms with Crippen molar-refractivity contribution < 1.29 is 14.7 Å². The minimum Gasteiger partial charge on any atom is -0.384 e. The van der Waals surface area contributed by atoms with E-state index < -0.39 is 18.1 Å². The van der Waals surface area contributed by atoms with E-state index in [1.807, 2.05) is 32.0 Å². The molecule has 0 aromatic heterocycles. The highest BCUT2D eigenvalue weighted by atomic mass is 35.5. The Morgan fingerprint density at radius 2 is 1.62 bits per heavy atom. The number of nitrogens with one attached hydrogen (secondary N) is 1. The number of hydrogen-bond acceptors (Lipinski definition) is 3. The van der Waals surface area contributed by atoms with E-state index in [9.17, 15) is 14.7 Å². The SMILES string of the molecule is Cc1cccc(C)c1NC(=O)[C@H](c1ccc(Cl)cc1)N(C)C(=O)[C@H](C)O. The van der Waals surface area contributed by atoms with Gasteiger partial charge in [-0.3, -0.25) is 9.59 Å². The first kappa shape index (κ1) is 19.9. The van der Waals surface area contributed by atoms with Crippen LogP contribution in [0.4, 0.5) is 5.69 Å². The Morgan fingerprint density at radius 1 is 1.08 bits per heavy atom. The van der Waals surface area contributed by atoms with Crippen molar-refractivity contribution in [3.05, 3.63) is 64.2 Å². The molecule has 0 aliphatic rings. The molecule has 2 rings (SSSR count). The second-order valence-corrected chi connectivity index (χ2v) is 6.77. The molecule has 2 aromatic carbocycles. The number of aryl methyl sites for hydroxylation is 2. The fourth-order valence-electron chi connectivity index (χ4n) is 2.82. The highest BCUT2D eigenvalue weighted by molar-refractivity contribution is 6.30. The van der Waals surface area contributed by atoms with Crippen LogP contribution in [0.1, 0.15) is 29.7 Å². The molecular formula is C20H23ClN2O3. The first-order valence-electron chi connectivity index (χ1n) is 8.29. The van der Waals surface area contributed by atoms with Crippen LogP contribution >= 0.6 is 11.6 Å². The Balaban J connectivity index is 2.41. The van der Waals surface area contributed by atoms with Crippen LogP contribution in [0, 0.1) is 13.8 Å². The molecule has 0 spiro atoms. The maximum absolute atomic E-state index is 13.1. The number of anilines is 1. The normalized spacial score (nSPS) is 13.0. The number of amides is 2. The molecule has 2 atom stereocenters. The Hall–Kier alpha value is -2.37. The first-order valence-corrected chi connectivity index (χ1v) is 8.67. The first-order chi connectivity index (χ1) is 12.2. The van der Waals surface area contributed by atoms with Gasteiger partial charge < -0.3 is 15.3 Å². The van der Waals surface area contributed by atoms with Crippen LogP contribution in [-0.2, 0) is 9.59 Å². The maximum atomic E-state index is 13.1. The molecule has 0 bridgehead atoms. The molecule has 0 aliphatic carbocycles. The fourth-order valence-corrected chi connectivity index (χ4v) is 2.95. The molecule has 26 heavy (non-hydrogen) atoms. The van der Waals surface area contributed by atoms with Crippen LogP contribution in [0.5, 0.6) is 0 Å². The number of benzene rings is 2. The molecule has 0 aliphatic heterocycles. The highest BCUT2D eigenvalue weighted by Gasteiger charge is 2.30. The lowest BCUT2D eigenvalue weighted by Crippen LogP contribution is -2.42. The number of likely N-dealkylation sites (N-methyl/N-ethyl adjacent to an activating group) is 1. The third-order valence-electron chi connectivity index (χ3n) is 4.26. The fraction of sp³-hybridized carbons (Fsp3) is 0.300. The summed E-state index contributed by atoms with van der Waals surface area (Å²) in [6.07, 6.45) is -1.21. The number of nitrogens with zero attached hydrogens (tertiary/aromatic N) is 1. The topological polar surface area (TPSA) is 69.6 Å². The third kappa shape index (κ3) is 4.42. The predicted molar refractivity (Wildman–Crippen MR) is 103 cm³/mol. The number of rotatable bonds is 5. The Bertz CT molecular complexity index is 783. The number of aliphatic hydroxyl groups excluding tert-OH is 1. The molecule has 0 radical (unpaired) electrons. The molecule has 2 N–H and O–H groups in total. The van der Waals surface area contributed by atoms with Crippen molar-refractivity contribution >= 4 is 29.1 Å². The zero-order chi connectivity index (χ0) is 19.4. The van der Waals surface area contributed by atoms with Gasteiger partial charge in [-0.15, -0.1) is 0 Å². The van der Waals surface area contributed by atoms with Crippen molar-refractivity contribution in [3.63, 3.8) is 0 Å². The summed E-state index contributed by atoms with van der Waals surface area (Å²) in [5.41, 5.74) is 3.18. The summed E-state index contributed by atoms with van der Waals surface area (Å²) in [7, 11) is 1.50. The van der Waals surface area contributed by atoms with Gasteiger partial charge in [-0.25, -0.2) is 0 Å². The van der Waals surface area contributed by atoms with E-state index in [4.69, 9.17) is 11.6 Å². The molecule has 5 nitrogen and oxygen atoms in total. The Morgan fingerprint density at radius 3 is 2.12 bits per heavy atom. The summed E-state index contributed by atoms with van der Waals surface area (Å²) in [5, 5.41) is 13.1. The molecule has 0 unspecified atom stereocenters. The molecule has 2 amide bonds. The van der Waals surface area contributed by atoms with Crippen LogP contribution in [-0.4, -0.2) is 35.0 Å². The van der Waals surface area contributed by atoms with Crippen molar-refractivity contribution in [1.29, 1.82) is 0 Å². The van der Waals surface area contributed by atoms with E-state index in [1.165, 1.54) is 18.9 Å². The summed E-state index contributed by atoms with van der Waals surface area (Å²) < 4.78 is 0. The van der Waals surface area contributed by atoms with Gasteiger partial charge in [-0.05, 0) is 49.6 Å². The summed E-state index contributed by atoms with van der Waals surface area (Å²) in [6.45, 7) is 5.19. The van der Waals surface area contributed by atoms with Crippen molar-refractivity contribution in [3.8, 4) is 0 Å². The average Bonchev–Trinajstić information content (AvgIpc) is 2.59. The van der Waals surface area contributed by atoms with Crippen LogP contribution < -0.4 is 5.32 Å². The lowest BCUT2D eigenvalue weighted by atomic mass is 10.0. The van der Waals surface area contributed by atoms with Crippen molar-refractivity contribution in [1.82, 2.24) is 4.90 Å². The second-order valence-electron chi connectivity index (χ2n) is 6.34. The van der Waals surface area contributed by atoms with Gasteiger partial charge in [0, 0.05) is 17.8 Å².